The number of nitrogens with zero attached hydrogens (tertiary/aromatic N) is 1. The second kappa shape index (κ2) is 7.08. The van der Waals surface area contributed by atoms with Crippen LogP contribution in [-0.4, -0.2) is 37.2 Å². The zero-order valence-electron chi connectivity index (χ0n) is 12.1. The van der Waals surface area contributed by atoms with Crippen LogP contribution in [0.2, 0.25) is 0 Å². The molecule has 0 spiro atoms. The molecule has 0 aliphatic carbocycles. The summed E-state index contributed by atoms with van der Waals surface area (Å²) in [7, 11) is 0. The number of ether oxygens (including phenoxy) is 1. The molecule has 1 aliphatic heterocycles. The lowest BCUT2D eigenvalue weighted by Crippen LogP contribution is -2.44. The molecule has 4 heteroatoms. The normalized spacial score (nSPS) is 22.6. The van der Waals surface area contributed by atoms with E-state index >= 15 is 0 Å². The van der Waals surface area contributed by atoms with Crippen LogP contribution in [0.5, 0.6) is 0 Å². The smallest absolute Gasteiger partial charge is 0.122 e. The van der Waals surface area contributed by atoms with Crippen LogP contribution in [0.4, 0.5) is 0 Å². The molecule has 2 atom stereocenters. The minimum absolute atomic E-state index is 0.182. The molecule has 0 aromatic carbocycles. The Kier molecular flexibility index (Phi) is 5.43. The molecule has 108 valence electrons. The zero-order valence-corrected chi connectivity index (χ0v) is 12.1. The molecule has 2 rings (SSSR count). The number of hydrogen-bond donors (Lipinski definition) is 1. The third-order valence-electron chi connectivity index (χ3n) is 3.72. The monoisotopic (exact) mass is 266 g/mol. The summed E-state index contributed by atoms with van der Waals surface area (Å²) in [4.78, 5) is 2.40. The lowest BCUT2D eigenvalue weighted by Gasteiger charge is -2.36. The molecule has 0 radical (unpaired) electrons. The maximum Gasteiger partial charge on any atom is 0.122 e. The molecule has 2 heterocycles. The van der Waals surface area contributed by atoms with Crippen LogP contribution in [0.15, 0.2) is 16.5 Å². The molecule has 1 saturated heterocycles. The fraction of sp³-hybridized carbons (Fsp3) is 0.733. The molecule has 1 aliphatic rings. The first-order chi connectivity index (χ1) is 9.24. The first kappa shape index (κ1) is 14.6. The van der Waals surface area contributed by atoms with Crippen molar-refractivity contribution in [2.75, 3.05) is 26.2 Å². The summed E-state index contributed by atoms with van der Waals surface area (Å²) < 4.78 is 11.6. The second-order valence-corrected chi connectivity index (χ2v) is 5.33. The highest BCUT2D eigenvalue weighted by atomic mass is 16.5. The molecule has 0 saturated carbocycles. The first-order valence-corrected chi connectivity index (χ1v) is 7.36. The summed E-state index contributed by atoms with van der Waals surface area (Å²) in [6.45, 7) is 7.60. The topological polar surface area (TPSA) is 51.6 Å². The minimum atomic E-state index is 0.182. The molecule has 1 fully saturated rings. The van der Waals surface area contributed by atoms with E-state index in [0.29, 0.717) is 12.6 Å². The van der Waals surface area contributed by atoms with Crippen molar-refractivity contribution in [3.05, 3.63) is 23.7 Å². The van der Waals surface area contributed by atoms with E-state index in [0.717, 1.165) is 44.1 Å². The van der Waals surface area contributed by atoms with E-state index < -0.39 is 0 Å². The molecule has 2 unspecified atom stereocenters. The number of rotatable bonds is 6. The number of likely N-dealkylation sites (tertiary alicyclic amines) is 1. The third-order valence-corrected chi connectivity index (χ3v) is 3.72. The number of piperidine rings is 1. The number of hydrogen-bond acceptors (Lipinski definition) is 4. The average molecular weight is 266 g/mol. The van der Waals surface area contributed by atoms with Crippen molar-refractivity contribution in [3.63, 3.8) is 0 Å². The van der Waals surface area contributed by atoms with Crippen molar-refractivity contribution in [1.82, 2.24) is 4.90 Å². The zero-order chi connectivity index (χ0) is 13.7. The van der Waals surface area contributed by atoms with Gasteiger partial charge in [0.15, 0.2) is 0 Å². The Hall–Kier alpha value is -0.840. The van der Waals surface area contributed by atoms with Crippen LogP contribution in [-0.2, 0) is 4.74 Å². The Morgan fingerprint density at radius 1 is 1.53 bits per heavy atom. The quantitative estimate of drug-likeness (QED) is 0.859. The van der Waals surface area contributed by atoms with Crippen molar-refractivity contribution in [1.29, 1.82) is 0 Å². The van der Waals surface area contributed by atoms with Crippen LogP contribution in [0.1, 0.15) is 43.7 Å². The summed E-state index contributed by atoms with van der Waals surface area (Å²) in [6.07, 6.45) is 3.75. The predicted molar refractivity (Wildman–Crippen MR) is 76.1 cm³/mol. The maximum absolute atomic E-state index is 5.95. The van der Waals surface area contributed by atoms with E-state index in [9.17, 15) is 0 Å². The largest absolute Gasteiger partial charge is 0.465 e. The summed E-state index contributed by atoms with van der Waals surface area (Å²) in [5.74, 6) is 1.93. The van der Waals surface area contributed by atoms with Gasteiger partial charge in [-0.15, -0.1) is 0 Å². The van der Waals surface area contributed by atoms with Gasteiger partial charge in [-0.05, 0) is 44.9 Å². The van der Waals surface area contributed by atoms with Gasteiger partial charge in [0.2, 0.25) is 0 Å². The molecule has 2 N–H and O–H groups in total. The Morgan fingerprint density at radius 2 is 2.37 bits per heavy atom. The molecule has 19 heavy (non-hydrogen) atoms. The van der Waals surface area contributed by atoms with Crippen LogP contribution in [0.25, 0.3) is 0 Å². The van der Waals surface area contributed by atoms with Gasteiger partial charge in [0, 0.05) is 19.7 Å². The van der Waals surface area contributed by atoms with Crippen molar-refractivity contribution in [2.24, 2.45) is 5.73 Å². The fourth-order valence-corrected chi connectivity index (χ4v) is 2.75. The summed E-state index contributed by atoms with van der Waals surface area (Å²) in [5, 5.41) is 0. The van der Waals surface area contributed by atoms with Gasteiger partial charge in [-0.25, -0.2) is 0 Å². The van der Waals surface area contributed by atoms with Gasteiger partial charge in [0.05, 0.1) is 12.1 Å². The highest BCUT2D eigenvalue weighted by molar-refractivity contribution is 5.10. The standard InChI is InChI=1S/C15H26N2O2/c1-3-9-18-13-5-4-8-17(11-13)14(10-16)15-7-6-12(2)19-15/h6-7,13-14H,3-5,8-11,16H2,1-2H3. The van der Waals surface area contributed by atoms with Gasteiger partial charge in [-0.3, -0.25) is 4.90 Å². The van der Waals surface area contributed by atoms with Crippen molar-refractivity contribution >= 4 is 0 Å². The predicted octanol–water partition coefficient (Wildman–Crippen LogP) is 2.48. The van der Waals surface area contributed by atoms with Gasteiger partial charge in [0.1, 0.15) is 11.5 Å². The SMILES string of the molecule is CCCOC1CCCN(C(CN)c2ccc(C)o2)C1. The Balaban J connectivity index is 1.98. The van der Waals surface area contributed by atoms with Gasteiger partial charge in [0.25, 0.3) is 0 Å². The lowest BCUT2D eigenvalue weighted by molar-refractivity contribution is -0.0144. The fourth-order valence-electron chi connectivity index (χ4n) is 2.75. The van der Waals surface area contributed by atoms with Crippen LogP contribution in [0.3, 0.4) is 0 Å². The summed E-state index contributed by atoms with van der Waals surface area (Å²) >= 11 is 0. The van der Waals surface area contributed by atoms with E-state index in [1.165, 1.54) is 6.42 Å². The molecular weight excluding hydrogens is 240 g/mol. The molecule has 1 aromatic heterocycles. The first-order valence-electron chi connectivity index (χ1n) is 7.36. The average Bonchev–Trinajstić information content (AvgIpc) is 2.84. The minimum Gasteiger partial charge on any atom is -0.465 e. The van der Waals surface area contributed by atoms with Gasteiger partial charge in [-0.1, -0.05) is 6.92 Å². The van der Waals surface area contributed by atoms with E-state index in [4.69, 9.17) is 14.9 Å². The van der Waals surface area contributed by atoms with E-state index in [2.05, 4.69) is 11.8 Å². The Bertz CT molecular complexity index is 378. The van der Waals surface area contributed by atoms with E-state index in [-0.39, 0.29) is 6.04 Å². The lowest BCUT2D eigenvalue weighted by atomic mass is 10.0. The van der Waals surface area contributed by atoms with Gasteiger partial charge >= 0.3 is 0 Å². The van der Waals surface area contributed by atoms with Crippen molar-refractivity contribution < 1.29 is 9.15 Å². The van der Waals surface area contributed by atoms with E-state index in [1.54, 1.807) is 0 Å². The van der Waals surface area contributed by atoms with Crippen LogP contribution in [0, 0.1) is 6.92 Å². The van der Waals surface area contributed by atoms with Crippen LogP contribution >= 0.6 is 0 Å². The van der Waals surface area contributed by atoms with Crippen LogP contribution < -0.4 is 5.73 Å². The van der Waals surface area contributed by atoms with E-state index in [1.807, 2.05) is 19.1 Å². The Labute approximate surface area is 115 Å². The highest BCUT2D eigenvalue weighted by Crippen LogP contribution is 2.26. The number of furan rings is 1. The maximum atomic E-state index is 5.95. The molecule has 4 nitrogen and oxygen atoms in total. The number of aryl methyl sites for hydroxylation is 1. The summed E-state index contributed by atoms with van der Waals surface area (Å²) in [6, 6.07) is 4.23. The molecule has 1 aromatic rings. The highest BCUT2D eigenvalue weighted by Gasteiger charge is 2.28. The van der Waals surface area contributed by atoms with Crippen molar-refractivity contribution in [2.45, 2.75) is 45.3 Å². The van der Waals surface area contributed by atoms with Gasteiger partial charge in [-0.2, -0.15) is 0 Å². The molecule has 0 amide bonds. The molecule has 0 bridgehead atoms. The van der Waals surface area contributed by atoms with Crippen molar-refractivity contribution in [3.8, 4) is 0 Å². The molecular formula is C15H26N2O2. The second-order valence-electron chi connectivity index (χ2n) is 5.33. The third kappa shape index (κ3) is 3.81. The Morgan fingerprint density at radius 3 is 3.00 bits per heavy atom. The van der Waals surface area contributed by atoms with Gasteiger partial charge < -0.3 is 14.9 Å². The number of nitrogens with two attached hydrogens (primary N) is 1. The summed E-state index contributed by atoms with van der Waals surface area (Å²) in [5.41, 5.74) is 5.95.